The number of benzene rings is 3. The summed E-state index contributed by atoms with van der Waals surface area (Å²) in [5, 5.41) is 3.43. The zero-order valence-electron chi connectivity index (χ0n) is 24.7. The summed E-state index contributed by atoms with van der Waals surface area (Å²) in [5.41, 5.74) is 1.70. The lowest BCUT2D eigenvalue weighted by Crippen LogP contribution is -2.44. The molecular weight excluding hydrogens is 591 g/mol. The SMILES string of the molecule is CCN(C)Cc1ccc2c(c1)c(=O)n(-c1ccc(C[C@H](NC(=O)c3c(Cl)cccc3Cl)C(=O)OC(C)C)cc1)c(=O)n2C. The largest absolute Gasteiger partial charge is 0.461 e. The number of carbonyl (C=O) groups excluding carboxylic acids is 2. The Hall–Kier alpha value is -3.92. The van der Waals surface area contributed by atoms with Crippen LogP contribution in [0.4, 0.5) is 0 Å². The second kappa shape index (κ2) is 13.6. The Labute approximate surface area is 259 Å². The van der Waals surface area contributed by atoms with Crippen LogP contribution in [0.5, 0.6) is 0 Å². The fourth-order valence-electron chi connectivity index (χ4n) is 4.73. The maximum Gasteiger partial charge on any atom is 0.335 e. The van der Waals surface area contributed by atoms with Crippen LogP contribution in [0.3, 0.4) is 0 Å². The number of fused-ring (bicyclic) bond motifs is 1. The number of hydrogen-bond donors (Lipinski definition) is 1. The molecule has 1 N–H and O–H groups in total. The second-order valence-corrected chi connectivity index (χ2v) is 11.5. The van der Waals surface area contributed by atoms with Gasteiger partial charge in [-0.2, -0.15) is 0 Å². The topological polar surface area (TPSA) is 103 Å². The smallest absolute Gasteiger partial charge is 0.335 e. The molecule has 1 aromatic heterocycles. The zero-order valence-corrected chi connectivity index (χ0v) is 26.2. The number of nitrogens with one attached hydrogen (secondary N) is 1. The number of amides is 1. The minimum Gasteiger partial charge on any atom is -0.461 e. The molecule has 4 rings (SSSR count). The van der Waals surface area contributed by atoms with Crippen LogP contribution < -0.4 is 16.6 Å². The van der Waals surface area contributed by atoms with Gasteiger partial charge in [-0.3, -0.25) is 14.2 Å². The number of hydrogen-bond acceptors (Lipinski definition) is 6. The number of aromatic nitrogens is 2. The van der Waals surface area contributed by atoms with Crippen LogP contribution in [0, 0.1) is 0 Å². The van der Waals surface area contributed by atoms with E-state index in [1.807, 2.05) is 19.2 Å². The minimum absolute atomic E-state index is 0.0551. The molecule has 4 aromatic rings. The van der Waals surface area contributed by atoms with Gasteiger partial charge < -0.3 is 15.0 Å². The molecule has 1 atom stereocenters. The molecule has 3 aromatic carbocycles. The van der Waals surface area contributed by atoms with E-state index >= 15 is 0 Å². The maximum absolute atomic E-state index is 13.6. The van der Waals surface area contributed by atoms with Crippen LogP contribution in [0.1, 0.15) is 42.3 Å². The number of rotatable bonds is 10. The van der Waals surface area contributed by atoms with E-state index in [0.29, 0.717) is 28.7 Å². The van der Waals surface area contributed by atoms with Gasteiger partial charge in [-0.25, -0.2) is 14.2 Å². The first kappa shape index (κ1) is 32.0. The van der Waals surface area contributed by atoms with Crippen LogP contribution in [-0.4, -0.2) is 51.6 Å². The van der Waals surface area contributed by atoms with Crippen molar-refractivity contribution >= 4 is 46.0 Å². The van der Waals surface area contributed by atoms with E-state index in [-0.39, 0.29) is 22.0 Å². The quantitative estimate of drug-likeness (QED) is 0.256. The molecule has 0 aliphatic rings. The van der Waals surface area contributed by atoms with E-state index in [2.05, 4.69) is 17.1 Å². The molecule has 0 bridgehead atoms. The zero-order chi connectivity index (χ0) is 31.4. The molecule has 0 saturated carbocycles. The lowest BCUT2D eigenvalue weighted by Gasteiger charge is -2.20. The first-order valence-electron chi connectivity index (χ1n) is 13.9. The maximum atomic E-state index is 13.6. The van der Waals surface area contributed by atoms with Gasteiger partial charge in [0.05, 0.1) is 38.3 Å². The average molecular weight is 626 g/mol. The Kier molecular flexibility index (Phi) is 10.1. The molecule has 0 fully saturated rings. The number of nitrogens with zero attached hydrogens (tertiary/aromatic N) is 3. The summed E-state index contributed by atoms with van der Waals surface area (Å²) in [5.74, 6) is -1.24. The van der Waals surface area contributed by atoms with E-state index < -0.39 is 35.3 Å². The van der Waals surface area contributed by atoms with Gasteiger partial charge in [0, 0.05) is 20.0 Å². The molecule has 0 radical (unpaired) electrons. The summed E-state index contributed by atoms with van der Waals surface area (Å²) in [7, 11) is 3.63. The van der Waals surface area contributed by atoms with Gasteiger partial charge >= 0.3 is 11.7 Å². The van der Waals surface area contributed by atoms with Crippen molar-refractivity contribution in [2.24, 2.45) is 7.05 Å². The Balaban J connectivity index is 1.66. The van der Waals surface area contributed by atoms with Gasteiger partial charge in [-0.15, -0.1) is 0 Å². The van der Waals surface area contributed by atoms with Gasteiger partial charge in [-0.1, -0.05) is 54.4 Å². The highest BCUT2D eigenvalue weighted by molar-refractivity contribution is 6.39. The Morgan fingerprint density at radius 2 is 1.60 bits per heavy atom. The standard InChI is InChI=1S/C32H34Cl2N4O5/c1-6-36(4)18-21-12-15-27-23(16-21)30(40)38(32(42)37(27)5)22-13-10-20(11-14-22)17-26(31(41)43-19(2)3)35-29(39)28-24(33)8-7-9-25(28)34/h7-16,19,26H,6,17-18H2,1-5H3,(H,35,39)/t26-/m0/s1. The number of esters is 1. The lowest BCUT2D eigenvalue weighted by molar-refractivity contribution is -0.149. The molecule has 11 heteroatoms. The van der Waals surface area contributed by atoms with Crippen molar-refractivity contribution in [1.29, 1.82) is 0 Å². The van der Waals surface area contributed by atoms with Gasteiger partial charge in [-0.05, 0) is 75.0 Å². The fourth-order valence-corrected chi connectivity index (χ4v) is 5.30. The Morgan fingerprint density at radius 1 is 0.977 bits per heavy atom. The number of halogens is 2. The molecule has 0 aliphatic heterocycles. The molecule has 1 heterocycles. The summed E-state index contributed by atoms with van der Waals surface area (Å²) in [6.07, 6.45) is -0.324. The predicted octanol–water partition coefficient (Wildman–Crippen LogP) is 4.74. The normalized spacial score (nSPS) is 12.1. The molecule has 0 aliphatic carbocycles. The summed E-state index contributed by atoms with van der Waals surface area (Å²) in [4.78, 5) is 55.0. The number of aryl methyl sites for hydroxylation is 1. The number of ether oxygens (including phenoxy) is 1. The van der Waals surface area contributed by atoms with Crippen molar-refractivity contribution < 1.29 is 14.3 Å². The highest BCUT2D eigenvalue weighted by Gasteiger charge is 2.26. The summed E-state index contributed by atoms with van der Waals surface area (Å²) >= 11 is 12.4. The van der Waals surface area contributed by atoms with E-state index in [1.54, 1.807) is 57.3 Å². The molecule has 0 spiro atoms. The van der Waals surface area contributed by atoms with Crippen molar-refractivity contribution in [3.8, 4) is 5.69 Å². The van der Waals surface area contributed by atoms with Gasteiger partial charge in [0.2, 0.25) is 0 Å². The molecule has 43 heavy (non-hydrogen) atoms. The Bertz CT molecular complexity index is 1760. The van der Waals surface area contributed by atoms with Crippen molar-refractivity contribution in [2.45, 2.75) is 45.9 Å². The van der Waals surface area contributed by atoms with Gasteiger partial charge in [0.1, 0.15) is 6.04 Å². The van der Waals surface area contributed by atoms with Crippen LogP contribution in [0.2, 0.25) is 10.0 Å². The first-order valence-corrected chi connectivity index (χ1v) is 14.6. The second-order valence-electron chi connectivity index (χ2n) is 10.6. The summed E-state index contributed by atoms with van der Waals surface area (Å²) < 4.78 is 7.97. The van der Waals surface area contributed by atoms with Crippen molar-refractivity contribution in [2.75, 3.05) is 13.6 Å². The molecule has 1 amide bonds. The van der Waals surface area contributed by atoms with Crippen LogP contribution in [-0.2, 0) is 29.5 Å². The van der Waals surface area contributed by atoms with Crippen LogP contribution in [0.15, 0.2) is 70.3 Å². The van der Waals surface area contributed by atoms with E-state index in [9.17, 15) is 19.2 Å². The summed E-state index contributed by atoms with van der Waals surface area (Å²) in [6.45, 7) is 7.00. The van der Waals surface area contributed by atoms with E-state index in [0.717, 1.165) is 16.7 Å². The number of carbonyl (C=O) groups is 2. The third-order valence-corrected chi connectivity index (χ3v) is 7.72. The third-order valence-electron chi connectivity index (χ3n) is 7.09. The highest BCUT2D eigenvalue weighted by atomic mass is 35.5. The van der Waals surface area contributed by atoms with Crippen LogP contribution >= 0.6 is 23.2 Å². The lowest BCUT2D eigenvalue weighted by atomic mass is 10.0. The molecular formula is C32H34Cl2N4O5. The third kappa shape index (κ3) is 7.18. The predicted molar refractivity (Wildman–Crippen MR) is 169 cm³/mol. The molecule has 0 saturated heterocycles. The fraction of sp³-hybridized carbons (Fsp3) is 0.312. The van der Waals surface area contributed by atoms with Crippen LogP contribution in [0.25, 0.3) is 16.6 Å². The average Bonchev–Trinajstić information content (AvgIpc) is 2.96. The first-order chi connectivity index (χ1) is 20.4. The molecule has 226 valence electrons. The van der Waals surface area contributed by atoms with Gasteiger partial charge in [0.15, 0.2) is 0 Å². The van der Waals surface area contributed by atoms with Crippen molar-refractivity contribution in [3.63, 3.8) is 0 Å². The van der Waals surface area contributed by atoms with E-state index in [4.69, 9.17) is 27.9 Å². The van der Waals surface area contributed by atoms with E-state index in [1.165, 1.54) is 16.7 Å². The summed E-state index contributed by atoms with van der Waals surface area (Å²) in [6, 6.07) is 15.8. The van der Waals surface area contributed by atoms with Gasteiger partial charge in [0.25, 0.3) is 11.5 Å². The molecule has 0 unspecified atom stereocenters. The highest BCUT2D eigenvalue weighted by Crippen LogP contribution is 2.24. The Morgan fingerprint density at radius 3 is 2.21 bits per heavy atom. The monoisotopic (exact) mass is 624 g/mol. The van der Waals surface area contributed by atoms with Crippen molar-refractivity contribution in [3.05, 3.63) is 108 Å². The molecule has 9 nitrogen and oxygen atoms in total. The minimum atomic E-state index is -1.05. The van der Waals surface area contributed by atoms with Crippen molar-refractivity contribution in [1.82, 2.24) is 19.4 Å².